The Morgan fingerprint density at radius 3 is 2.45 bits per heavy atom. The molecule has 0 spiro atoms. The van der Waals surface area contributed by atoms with Crippen LogP contribution >= 0.6 is 34.8 Å². The number of sulfonamides is 1. The number of hydrogen-bond acceptors (Lipinski definition) is 5. The van der Waals surface area contributed by atoms with E-state index in [0.29, 0.717) is 0 Å². The first kappa shape index (κ1) is 17.3. The molecule has 1 aliphatic heterocycles. The van der Waals surface area contributed by atoms with Gasteiger partial charge in [-0.3, -0.25) is 9.59 Å². The molecule has 1 fully saturated rings. The molecule has 3 N–H and O–H groups in total. The number of nitrogens with one attached hydrogen (secondary N) is 2. The van der Waals surface area contributed by atoms with Crippen LogP contribution in [0.3, 0.4) is 0 Å². The van der Waals surface area contributed by atoms with E-state index < -0.39 is 38.8 Å². The van der Waals surface area contributed by atoms with Crippen LogP contribution < -0.4 is 10.0 Å². The molecular weight excluding hydrogens is 379 g/mol. The van der Waals surface area contributed by atoms with E-state index >= 15 is 0 Å². The maximum atomic E-state index is 12.2. The predicted octanol–water partition coefficient (Wildman–Crippen LogP) is 0.559. The molecule has 1 aromatic carbocycles. The molecule has 11 heteroatoms. The fourth-order valence-electron chi connectivity index (χ4n) is 1.87. The van der Waals surface area contributed by atoms with Crippen molar-refractivity contribution in [2.75, 3.05) is 6.54 Å². The number of carbonyl (C=O) groups is 2. The Morgan fingerprint density at radius 1 is 1.27 bits per heavy atom. The molecule has 7 nitrogen and oxygen atoms in total. The first-order valence-corrected chi connectivity index (χ1v) is 8.43. The van der Waals surface area contributed by atoms with E-state index in [0.717, 1.165) is 6.07 Å². The summed E-state index contributed by atoms with van der Waals surface area (Å²) in [5.74, 6) is -3.44. The van der Waals surface area contributed by atoms with Crippen molar-refractivity contribution < 1.29 is 23.1 Å². The first-order valence-electron chi connectivity index (χ1n) is 5.81. The smallest absolute Gasteiger partial charge is 0.265 e. The van der Waals surface area contributed by atoms with Crippen LogP contribution in [0.1, 0.15) is 0 Å². The van der Waals surface area contributed by atoms with Gasteiger partial charge in [-0.1, -0.05) is 34.8 Å². The van der Waals surface area contributed by atoms with Crippen LogP contribution in [0.2, 0.25) is 15.1 Å². The van der Waals surface area contributed by atoms with Gasteiger partial charge in [-0.25, -0.2) is 13.1 Å². The van der Waals surface area contributed by atoms with Crippen molar-refractivity contribution in [3.63, 3.8) is 0 Å². The van der Waals surface area contributed by atoms with E-state index in [1.54, 1.807) is 4.72 Å². The lowest BCUT2D eigenvalue weighted by Gasteiger charge is -2.13. The number of halogens is 3. The lowest BCUT2D eigenvalue weighted by Crippen LogP contribution is -2.42. The fourth-order valence-corrected chi connectivity index (χ4v) is 3.85. The quantitative estimate of drug-likeness (QED) is 0.518. The van der Waals surface area contributed by atoms with E-state index in [4.69, 9.17) is 34.8 Å². The van der Waals surface area contributed by atoms with Gasteiger partial charge in [0.15, 0.2) is 0 Å². The Kier molecular flexibility index (Phi) is 4.88. The van der Waals surface area contributed by atoms with Gasteiger partial charge in [0.25, 0.3) is 10.0 Å². The Bertz CT molecular complexity index is 752. The second-order valence-corrected chi connectivity index (χ2v) is 7.25. The molecule has 1 aliphatic rings. The number of aliphatic hydroxyl groups is 1. The van der Waals surface area contributed by atoms with Gasteiger partial charge in [0.05, 0.1) is 21.2 Å². The molecule has 120 valence electrons. The number of β-amino-alcohol motifs (C(OH)–C–C–N with tert-alkyl or cyclic N) is 1. The van der Waals surface area contributed by atoms with Crippen LogP contribution in [0.25, 0.3) is 0 Å². The van der Waals surface area contributed by atoms with Crippen molar-refractivity contribution in [1.82, 2.24) is 10.0 Å². The molecule has 2 amide bonds. The molecule has 0 radical (unpaired) electrons. The number of carbonyl (C=O) groups excluding carboxylic acids is 2. The molecule has 0 bridgehead atoms. The fraction of sp³-hybridized carbons (Fsp3) is 0.273. The summed E-state index contributed by atoms with van der Waals surface area (Å²) < 4.78 is 26.0. The van der Waals surface area contributed by atoms with Crippen molar-refractivity contribution in [3.05, 3.63) is 27.2 Å². The van der Waals surface area contributed by atoms with E-state index in [1.165, 1.54) is 6.07 Å². The summed E-state index contributed by atoms with van der Waals surface area (Å²) in [7, 11) is -4.38. The van der Waals surface area contributed by atoms with Crippen molar-refractivity contribution >= 4 is 56.6 Å². The van der Waals surface area contributed by atoms with E-state index in [2.05, 4.69) is 5.32 Å². The monoisotopic (exact) mass is 386 g/mol. The minimum Gasteiger partial charge on any atom is -0.390 e. The van der Waals surface area contributed by atoms with Crippen molar-refractivity contribution in [1.29, 1.82) is 0 Å². The van der Waals surface area contributed by atoms with Gasteiger partial charge in [-0.15, -0.1) is 0 Å². The highest BCUT2D eigenvalue weighted by molar-refractivity contribution is 7.90. The van der Waals surface area contributed by atoms with Gasteiger partial charge in [0.1, 0.15) is 10.8 Å². The normalized spacial score (nSPS) is 21.5. The minimum atomic E-state index is -4.38. The zero-order chi connectivity index (χ0) is 16.7. The zero-order valence-corrected chi connectivity index (χ0v) is 13.7. The molecule has 1 saturated heterocycles. The Labute approximate surface area is 140 Å². The lowest BCUT2D eigenvalue weighted by molar-refractivity contribution is -0.134. The molecule has 0 saturated carbocycles. The summed E-state index contributed by atoms with van der Waals surface area (Å²) in [4.78, 5) is 22.9. The summed E-state index contributed by atoms with van der Waals surface area (Å²) in [6.45, 7) is -0.134. The Hall–Kier alpha value is -1.06. The minimum absolute atomic E-state index is 0.0440. The highest BCUT2D eigenvalue weighted by atomic mass is 35.5. The van der Waals surface area contributed by atoms with Gasteiger partial charge in [-0.05, 0) is 12.1 Å². The maximum absolute atomic E-state index is 12.2. The predicted molar refractivity (Wildman–Crippen MR) is 79.3 cm³/mol. The summed E-state index contributed by atoms with van der Waals surface area (Å²) in [5.41, 5.74) is 0. The molecule has 1 aromatic rings. The van der Waals surface area contributed by atoms with Crippen LogP contribution in [0.15, 0.2) is 17.0 Å². The van der Waals surface area contributed by atoms with Crippen LogP contribution in [0.4, 0.5) is 0 Å². The number of benzene rings is 1. The molecular formula is C11H9Cl3N2O5S. The van der Waals surface area contributed by atoms with Gasteiger partial charge in [-0.2, -0.15) is 0 Å². The van der Waals surface area contributed by atoms with E-state index in [1.807, 2.05) is 0 Å². The standard InChI is InChI=1S/C11H9Cl3N2O5S/c12-4-1-2-6(9(14)8(4)13)22(20,21)16-11(19)7-5(17)3-15-10(7)18/h1-2,5,7,17H,3H2,(H,15,18)(H,16,19). The first-order chi connectivity index (χ1) is 10.1. The second kappa shape index (κ2) is 6.21. The summed E-state index contributed by atoms with van der Waals surface area (Å²) in [6, 6.07) is 2.27. The van der Waals surface area contributed by atoms with E-state index in [9.17, 15) is 23.1 Å². The molecule has 2 atom stereocenters. The number of amides is 2. The lowest BCUT2D eigenvalue weighted by atomic mass is 10.1. The van der Waals surface area contributed by atoms with Crippen molar-refractivity contribution in [3.8, 4) is 0 Å². The second-order valence-electron chi connectivity index (χ2n) is 4.43. The summed E-state index contributed by atoms with van der Waals surface area (Å²) >= 11 is 17.3. The highest BCUT2D eigenvalue weighted by Crippen LogP contribution is 2.34. The molecule has 1 heterocycles. The highest BCUT2D eigenvalue weighted by Gasteiger charge is 2.41. The average Bonchev–Trinajstić information content (AvgIpc) is 2.74. The van der Waals surface area contributed by atoms with Crippen molar-refractivity contribution in [2.24, 2.45) is 5.92 Å². The van der Waals surface area contributed by atoms with Gasteiger partial charge < -0.3 is 10.4 Å². The number of rotatable bonds is 3. The van der Waals surface area contributed by atoms with E-state index in [-0.39, 0.29) is 21.6 Å². The SMILES string of the molecule is O=C1NCC(O)C1C(=O)NS(=O)(=O)c1ccc(Cl)c(Cl)c1Cl. The molecule has 2 rings (SSSR count). The summed E-state index contributed by atoms with van der Waals surface area (Å²) in [6.07, 6.45) is -1.31. The Morgan fingerprint density at radius 2 is 1.91 bits per heavy atom. The summed E-state index contributed by atoms with van der Waals surface area (Å²) in [5, 5.41) is 11.3. The third kappa shape index (κ3) is 3.16. The van der Waals surface area contributed by atoms with Crippen LogP contribution in [0, 0.1) is 5.92 Å². The van der Waals surface area contributed by atoms with Gasteiger partial charge in [0, 0.05) is 6.54 Å². The zero-order valence-electron chi connectivity index (χ0n) is 10.6. The molecule has 0 aliphatic carbocycles. The van der Waals surface area contributed by atoms with Crippen LogP contribution in [0.5, 0.6) is 0 Å². The third-order valence-corrected chi connectivity index (χ3v) is 5.75. The topological polar surface area (TPSA) is 113 Å². The number of hydrogen-bond donors (Lipinski definition) is 3. The van der Waals surface area contributed by atoms with Crippen LogP contribution in [-0.4, -0.2) is 38.0 Å². The maximum Gasteiger partial charge on any atom is 0.265 e. The number of aliphatic hydroxyl groups excluding tert-OH is 1. The third-order valence-electron chi connectivity index (χ3n) is 2.96. The largest absolute Gasteiger partial charge is 0.390 e. The average molecular weight is 388 g/mol. The van der Waals surface area contributed by atoms with Gasteiger partial charge >= 0.3 is 0 Å². The molecule has 2 unspecified atom stereocenters. The Balaban J connectivity index is 2.31. The van der Waals surface area contributed by atoms with Crippen molar-refractivity contribution in [2.45, 2.75) is 11.0 Å². The molecule has 0 aromatic heterocycles. The molecule has 22 heavy (non-hydrogen) atoms. The van der Waals surface area contributed by atoms with Crippen LogP contribution in [-0.2, 0) is 19.6 Å². The van der Waals surface area contributed by atoms with Gasteiger partial charge in [0.2, 0.25) is 11.8 Å².